The largest absolute Gasteiger partial charge is 0.378 e. The molecule has 1 heterocycles. The molecule has 0 bridgehead atoms. The Labute approximate surface area is 160 Å². The minimum Gasteiger partial charge on any atom is -0.378 e. The van der Waals surface area contributed by atoms with E-state index in [1.807, 2.05) is 12.1 Å². The molecule has 1 aromatic heterocycles. The molecule has 0 atom stereocenters. The number of hydrogen-bond donors (Lipinski definition) is 1. The average Bonchev–Trinajstić information content (AvgIpc) is 2.69. The van der Waals surface area contributed by atoms with Crippen LogP contribution in [0.15, 0.2) is 59.5 Å². The number of nitrogens with zero attached hydrogens (tertiary/aromatic N) is 3. The van der Waals surface area contributed by atoms with Crippen molar-refractivity contribution in [3.8, 4) is 5.69 Å². The number of non-ortho nitro benzene ring substituents is 1. The Balaban J connectivity index is 1.79. The Kier molecular flexibility index (Phi) is 5.52. The number of aryl methyl sites for hydroxylation is 1. The first kappa shape index (κ1) is 18.6. The first-order valence-electron chi connectivity index (χ1n) is 8.34. The van der Waals surface area contributed by atoms with Crippen molar-refractivity contribution in [3.05, 3.63) is 91.3 Å². The second kappa shape index (κ2) is 8.01. The first-order chi connectivity index (χ1) is 13.0. The third kappa shape index (κ3) is 4.15. The van der Waals surface area contributed by atoms with Crippen LogP contribution in [0.2, 0.25) is 5.02 Å². The van der Waals surface area contributed by atoms with Crippen molar-refractivity contribution < 1.29 is 4.92 Å². The van der Waals surface area contributed by atoms with E-state index in [2.05, 4.69) is 29.5 Å². The summed E-state index contributed by atoms with van der Waals surface area (Å²) in [4.78, 5) is 22.7. The van der Waals surface area contributed by atoms with Crippen LogP contribution in [0.1, 0.15) is 18.1 Å². The highest BCUT2D eigenvalue weighted by Crippen LogP contribution is 2.19. The second-order valence-corrected chi connectivity index (χ2v) is 6.26. The molecule has 0 aliphatic heterocycles. The minimum absolute atomic E-state index is 0.00790. The van der Waals surface area contributed by atoms with Crippen LogP contribution in [-0.2, 0) is 13.0 Å². The van der Waals surface area contributed by atoms with Crippen LogP contribution in [0.3, 0.4) is 0 Å². The Morgan fingerprint density at radius 3 is 2.33 bits per heavy atom. The molecule has 0 aliphatic rings. The highest BCUT2D eigenvalue weighted by Gasteiger charge is 2.12. The fraction of sp³-hybridized carbons (Fsp3) is 0.158. The summed E-state index contributed by atoms with van der Waals surface area (Å²) in [7, 11) is 0. The van der Waals surface area contributed by atoms with Crippen molar-refractivity contribution in [2.45, 2.75) is 19.9 Å². The van der Waals surface area contributed by atoms with E-state index >= 15 is 0 Å². The van der Waals surface area contributed by atoms with Gasteiger partial charge in [0.2, 0.25) is 0 Å². The minimum atomic E-state index is -0.507. The molecule has 0 fully saturated rings. The molecule has 27 heavy (non-hydrogen) atoms. The van der Waals surface area contributed by atoms with E-state index in [9.17, 15) is 14.9 Å². The fourth-order valence-electron chi connectivity index (χ4n) is 2.55. The SMILES string of the molecule is CCc1ccc(CNc2cnn(-c3ccc([N+](=O)[O-])cc3)c(=O)c2Cl)cc1. The number of benzene rings is 2. The van der Waals surface area contributed by atoms with Crippen LogP contribution >= 0.6 is 11.6 Å². The molecule has 0 amide bonds. The highest BCUT2D eigenvalue weighted by atomic mass is 35.5. The highest BCUT2D eigenvalue weighted by molar-refractivity contribution is 6.32. The summed E-state index contributed by atoms with van der Waals surface area (Å²) in [6.45, 7) is 2.60. The van der Waals surface area contributed by atoms with Crippen LogP contribution in [0.4, 0.5) is 11.4 Å². The third-order valence-electron chi connectivity index (χ3n) is 4.14. The van der Waals surface area contributed by atoms with E-state index < -0.39 is 10.5 Å². The molecular weight excluding hydrogens is 368 g/mol. The van der Waals surface area contributed by atoms with Crippen molar-refractivity contribution in [2.24, 2.45) is 0 Å². The van der Waals surface area contributed by atoms with Gasteiger partial charge in [0.25, 0.3) is 11.2 Å². The molecule has 2 aromatic carbocycles. The van der Waals surface area contributed by atoms with E-state index in [-0.39, 0.29) is 10.7 Å². The quantitative estimate of drug-likeness (QED) is 0.513. The zero-order valence-corrected chi connectivity index (χ0v) is 15.3. The van der Waals surface area contributed by atoms with Crippen molar-refractivity contribution in [1.29, 1.82) is 0 Å². The maximum atomic E-state index is 12.5. The standard InChI is InChI=1S/C19H17ClN4O3/c1-2-13-3-5-14(6-4-13)11-21-17-12-22-23(19(25)18(17)20)15-7-9-16(10-8-15)24(26)27/h3-10,12,21H,2,11H2,1H3. The van der Waals surface area contributed by atoms with E-state index in [0.29, 0.717) is 17.9 Å². The molecule has 138 valence electrons. The lowest BCUT2D eigenvalue weighted by Gasteiger charge is -2.10. The van der Waals surface area contributed by atoms with E-state index in [4.69, 9.17) is 11.6 Å². The van der Waals surface area contributed by atoms with E-state index in [1.165, 1.54) is 36.0 Å². The Bertz CT molecular complexity index is 1010. The number of aromatic nitrogens is 2. The van der Waals surface area contributed by atoms with Gasteiger partial charge in [0.1, 0.15) is 5.02 Å². The molecule has 1 N–H and O–H groups in total. The molecule has 8 heteroatoms. The molecule has 0 radical (unpaired) electrons. The maximum Gasteiger partial charge on any atom is 0.292 e. The van der Waals surface area contributed by atoms with Gasteiger partial charge in [-0.3, -0.25) is 14.9 Å². The van der Waals surface area contributed by atoms with Crippen molar-refractivity contribution >= 4 is 23.0 Å². The lowest BCUT2D eigenvalue weighted by Crippen LogP contribution is -2.22. The van der Waals surface area contributed by atoms with Crippen molar-refractivity contribution in [1.82, 2.24) is 9.78 Å². The summed E-state index contributed by atoms with van der Waals surface area (Å²) in [5.41, 5.74) is 2.57. The number of anilines is 1. The van der Waals surface area contributed by atoms with Crippen molar-refractivity contribution in [2.75, 3.05) is 5.32 Å². The Hall–Kier alpha value is -3.19. The molecule has 0 saturated heterocycles. The van der Waals surface area contributed by atoms with Gasteiger partial charge in [-0.05, 0) is 29.7 Å². The lowest BCUT2D eigenvalue weighted by atomic mass is 10.1. The summed E-state index contributed by atoms with van der Waals surface area (Å²) in [5.74, 6) is 0. The number of hydrogen-bond acceptors (Lipinski definition) is 5. The third-order valence-corrected chi connectivity index (χ3v) is 4.50. The molecule has 0 aliphatic carbocycles. The number of halogens is 1. The normalized spacial score (nSPS) is 10.6. The van der Waals surface area contributed by atoms with E-state index in [1.54, 1.807) is 0 Å². The van der Waals surface area contributed by atoms with Crippen LogP contribution in [0, 0.1) is 10.1 Å². The smallest absolute Gasteiger partial charge is 0.292 e. The van der Waals surface area contributed by atoms with Gasteiger partial charge in [-0.15, -0.1) is 0 Å². The molecule has 3 rings (SSSR count). The van der Waals surface area contributed by atoms with Crippen LogP contribution in [0.5, 0.6) is 0 Å². The topological polar surface area (TPSA) is 90.1 Å². The van der Waals surface area contributed by atoms with Crippen LogP contribution < -0.4 is 10.9 Å². The predicted octanol–water partition coefficient (Wildman–Crippen LogP) is 3.97. The number of rotatable bonds is 6. The lowest BCUT2D eigenvalue weighted by molar-refractivity contribution is -0.384. The van der Waals surface area contributed by atoms with Crippen LogP contribution in [0.25, 0.3) is 5.69 Å². The van der Waals surface area contributed by atoms with Gasteiger partial charge in [0.05, 0.1) is 22.5 Å². The number of nitro groups is 1. The molecule has 0 spiro atoms. The molecule has 7 nitrogen and oxygen atoms in total. The summed E-state index contributed by atoms with van der Waals surface area (Å²) in [6, 6.07) is 13.7. The van der Waals surface area contributed by atoms with Gasteiger partial charge >= 0.3 is 0 Å². The summed E-state index contributed by atoms with van der Waals surface area (Å²) in [5, 5.41) is 18.0. The first-order valence-corrected chi connectivity index (χ1v) is 8.71. The number of nitro benzene ring substituents is 1. The summed E-state index contributed by atoms with van der Waals surface area (Å²) in [6.07, 6.45) is 2.44. The van der Waals surface area contributed by atoms with Gasteiger partial charge in [0.15, 0.2) is 0 Å². The van der Waals surface area contributed by atoms with Gasteiger partial charge < -0.3 is 5.32 Å². The molecule has 3 aromatic rings. The predicted molar refractivity (Wildman–Crippen MR) is 105 cm³/mol. The maximum absolute atomic E-state index is 12.5. The van der Waals surface area contributed by atoms with Crippen molar-refractivity contribution in [3.63, 3.8) is 0 Å². The van der Waals surface area contributed by atoms with E-state index in [0.717, 1.165) is 16.7 Å². The number of nitrogens with one attached hydrogen (secondary N) is 1. The monoisotopic (exact) mass is 384 g/mol. The zero-order chi connectivity index (χ0) is 19.4. The zero-order valence-electron chi connectivity index (χ0n) is 14.6. The molecule has 0 unspecified atom stereocenters. The van der Waals surface area contributed by atoms with Gasteiger partial charge in [-0.1, -0.05) is 42.8 Å². The molecule has 0 saturated carbocycles. The van der Waals surface area contributed by atoms with Crippen LogP contribution in [-0.4, -0.2) is 14.7 Å². The Morgan fingerprint density at radius 1 is 1.11 bits per heavy atom. The van der Waals surface area contributed by atoms with Gasteiger partial charge in [0, 0.05) is 18.7 Å². The second-order valence-electron chi connectivity index (χ2n) is 5.89. The average molecular weight is 385 g/mol. The summed E-state index contributed by atoms with van der Waals surface area (Å²) >= 11 is 6.20. The summed E-state index contributed by atoms with van der Waals surface area (Å²) < 4.78 is 1.10. The van der Waals surface area contributed by atoms with Gasteiger partial charge in [-0.2, -0.15) is 9.78 Å². The Morgan fingerprint density at radius 2 is 1.74 bits per heavy atom. The molecular formula is C19H17ClN4O3. The van der Waals surface area contributed by atoms with Gasteiger partial charge in [-0.25, -0.2) is 0 Å². The fourth-order valence-corrected chi connectivity index (χ4v) is 2.74.